The molecule has 2 aromatic rings. The average Bonchev–Trinajstić information content (AvgIpc) is 2.92. The van der Waals surface area contributed by atoms with Gasteiger partial charge >= 0.3 is 6.61 Å². The Balaban J connectivity index is 2.19. The first kappa shape index (κ1) is 14.9. The fraction of sp³-hybridized carbons (Fsp3) is 0.0909. The lowest BCUT2D eigenvalue weighted by Gasteiger charge is -2.08. The van der Waals surface area contributed by atoms with Gasteiger partial charge in [-0.15, -0.1) is 10.2 Å². The fourth-order valence-electron chi connectivity index (χ4n) is 1.40. The van der Waals surface area contributed by atoms with Gasteiger partial charge in [0.15, 0.2) is 0 Å². The van der Waals surface area contributed by atoms with Crippen molar-refractivity contribution in [1.29, 1.82) is 5.26 Å². The zero-order valence-electron chi connectivity index (χ0n) is 10.2. The molecule has 0 aliphatic heterocycles. The van der Waals surface area contributed by atoms with Crippen LogP contribution >= 0.6 is 15.9 Å². The lowest BCUT2D eigenvalue weighted by Crippen LogP contribution is -2.02. The van der Waals surface area contributed by atoms with Crippen molar-refractivity contribution in [3.63, 3.8) is 0 Å². The van der Waals surface area contributed by atoms with Crippen molar-refractivity contribution < 1.29 is 13.5 Å². The minimum Gasteiger partial charge on any atom is -0.435 e. The number of aromatic nitrogens is 4. The first-order valence-corrected chi connectivity index (χ1v) is 6.24. The van der Waals surface area contributed by atoms with E-state index < -0.39 is 6.61 Å². The van der Waals surface area contributed by atoms with E-state index in [4.69, 9.17) is 5.26 Å². The smallest absolute Gasteiger partial charge is 0.387 e. The summed E-state index contributed by atoms with van der Waals surface area (Å²) < 4.78 is 29.2. The summed E-state index contributed by atoms with van der Waals surface area (Å²) in [5, 5.41) is 24.7. The van der Waals surface area contributed by atoms with Crippen LogP contribution in [-0.4, -0.2) is 27.2 Å². The van der Waals surface area contributed by atoms with Crippen molar-refractivity contribution in [2.45, 2.75) is 6.61 Å². The SMILES string of the molecule is N#CC(=CNc1cc(Br)cc(OC(F)F)c1)c1nn[nH]n1. The highest BCUT2D eigenvalue weighted by Gasteiger charge is 2.08. The van der Waals surface area contributed by atoms with E-state index in [2.05, 4.69) is 46.6 Å². The van der Waals surface area contributed by atoms with Crippen LogP contribution in [0.4, 0.5) is 14.5 Å². The number of nitriles is 1. The van der Waals surface area contributed by atoms with Crippen molar-refractivity contribution in [3.8, 4) is 11.8 Å². The number of nitrogens with one attached hydrogen (secondary N) is 2. The number of rotatable bonds is 5. The molecule has 0 spiro atoms. The van der Waals surface area contributed by atoms with Gasteiger partial charge in [-0.1, -0.05) is 15.9 Å². The number of halogens is 3. The number of aromatic amines is 1. The van der Waals surface area contributed by atoms with Crippen molar-refractivity contribution in [3.05, 3.63) is 34.7 Å². The van der Waals surface area contributed by atoms with E-state index in [1.165, 1.54) is 18.3 Å². The Morgan fingerprint density at radius 2 is 2.29 bits per heavy atom. The summed E-state index contributed by atoms with van der Waals surface area (Å²) >= 11 is 3.18. The van der Waals surface area contributed by atoms with Gasteiger partial charge in [0.2, 0.25) is 5.82 Å². The van der Waals surface area contributed by atoms with E-state index in [1.54, 1.807) is 6.07 Å². The van der Waals surface area contributed by atoms with Gasteiger partial charge in [0.1, 0.15) is 17.4 Å². The van der Waals surface area contributed by atoms with Crippen LogP contribution in [-0.2, 0) is 0 Å². The molecule has 1 aromatic heterocycles. The molecule has 0 bridgehead atoms. The normalized spacial score (nSPS) is 11.3. The van der Waals surface area contributed by atoms with Crippen molar-refractivity contribution in [2.24, 2.45) is 0 Å². The van der Waals surface area contributed by atoms with Crippen LogP contribution < -0.4 is 10.1 Å². The second-order valence-electron chi connectivity index (χ2n) is 3.60. The molecular formula is C11H7BrF2N6O. The number of hydrogen-bond acceptors (Lipinski definition) is 6. The number of allylic oxidation sites excluding steroid dienone is 1. The van der Waals surface area contributed by atoms with Crippen LogP contribution in [0, 0.1) is 11.3 Å². The van der Waals surface area contributed by atoms with Gasteiger partial charge in [-0.25, -0.2) is 0 Å². The van der Waals surface area contributed by atoms with Gasteiger partial charge in [0.25, 0.3) is 0 Å². The van der Waals surface area contributed by atoms with Crippen LogP contribution in [0.2, 0.25) is 0 Å². The molecule has 21 heavy (non-hydrogen) atoms. The van der Waals surface area contributed by atoms with Gasteiger partial charge < -0.3 is 10.1 Å². The summed E-state index contributed by atoms with van der Waals surface area (Å²) in [6.45, 7) is -2.92. The minimum atomic E-state index is -2.92. The average molecular weight is 357 g/mol. The third kappa shape index (κ3) is 4.22. The number of anilines is 1. The third-order valence-electron chi connectivity index (χ3n) is 2.19. The predicted octanol–water partition coefficient (Wildman–Crippen LogP) is 2.54. The molecule has 108 valence electrons. The molecule has 0 saturated heterocycles. The van der Waals surface area contributed by atoms with Crippen molar-refractivity contribution >= 4 is 27.2 Å². The molecule has 2 N–H and O–H groups in total. The van der Waals surface area contributed by atoms with Crippen LogP contribution in [0.3, 0.4) is 0 Å². The molecule has 0 fully saturated rings. The lowest BCUT2D eigenvalue weighted by molar-refractivity contribution is -0.0498. The number of H-pyrrole nitrogens is 1. The molecule has 10 heteroatoms. The molecule has 0 saturated carbocycles. The summed E-state index contributed by atoms with van der Waals surface area (Å²) in [5.41, 5.74) is 0.566. The molecule has 2 rings (SSSR count). The fourth-order valence-corrected chi connectivity index (χ4v) is 1.87. The highest BCUT2D eigenvalue weighted by Crippen LogP contribution is 2.26. The van der Waals surface area contributed by atoms with E-state index in [0.717, 1.165) is 0 Å². The molecular weight excluding hydrogens is 350 g/mol. The highest BCUT2D eigenvalue weighted by molar-refractivity contribution is 9.10. The van der Waals surface area contributed by atoms with E-state index in [1.807, 2.05) is 6.07 Å². The maximum atomic E-state index is 12.2. The van der Waals surface area contributed by atoms with Crippen LogP contribution in [0.1, 0.15) is 5.82 Å². The Kier molecular flexibility index (Phi) is 4.78. The molecule has 0 atom stereocenters. The largest absolute Gasteiger partial charge is 0.435 e. The van der Waals surface area contributed by atoms with Crippen LogP contribution in [0.25, 0.3) is 5.57 Å². The van der Waals surface area contributed by atoms with E-state index in [9.17, 15) is 8.78 Å². The van der Waals surface area contributed by atoms with E-state index >= 15 is 0 Å². The summed E-state index contributed by atoms with van der Waals surface area (Å²) in [6.07, 6.45) is 1.33. The van der Waals surface area contributed by atoms with Gasteiger partial charge in [-0.3, -0.25) is 0 Å². The van der Waals surface area contributed by atoms with Crippen LogP contribution in [0.15, 0.2) is 28.9 Å². The van der Waals surface area contributed by atoms with Crippen molar-refractivity contribution in [1.82, 2.24) is 20.6 Å². The summed E-state index contributed by atoms with van der Waals surface area (Å²) in [7, 11) is 0. The number of hydrogen-bond donors (Lipinski definition) is 2. The third-order valence-corrected chi connectivity index (χ3v) is 2.64. The zero-order valence-corrected chi connectivity index (χ0v) is 11.8. The Hall–Kier alpha value is -2.54. The number of alkyl halides is 2. The Bertz CT molecular complexity index is 683. The molecule has 0 aliphatic carbocycles. The standard InChI is InChI=1S/C11H7BrF2N6O/c12-7-1-8(3-9(2-7)21-11(13)14)16-5-6(4-15)10-17-19-20-18-10/h1-3,5,11,16H,(H,17,18,19,20). The summed E-state index contributed by atoms with van der Waals surface area (Å²) in [5.74, 6) is 0.0948. The minimum absolute atomic E-state index is 0.0201. The monoisotopic (exact) mass is 356 g/mol. The second-order valence-corrected chi connectivity index (χ2v) is 4.52. The lowest BCUT2D eigenvalue weighted by atomic mass is 10.2. The number of benzene rings is 1. The number of nitrogens with zero attached hydrogens (tertiary/aromatic N) is 4. The van der Waals surface area contributed by atoms with Crippen molar-refractivity contribution in [2.75, 3.05) is 5.32 Å². The maximum absolute atomic E-state index is 12.2. The number of ether oxygens (including phenoxy) is 1. The van der Waals surface area contributed by atoms with Crippen LogP contribution in [0.5, 0.6) is 5.75 Å². The molecule has 0 radical (unpaired) electrons. The Labute approximate surface area is 125 Å². The Morgan fingerprint density at radius 3 is 2.90 bits per heavy atom. The summed E-state index contributed by atoms with van der Waals surface area (Å²) in [4.78, 5) is 0. The predicted molar refractivity (Wildman–Crippen MR) is 72.2 cm³/mol. The maximum Gasteiger partial charge on any atom is 0.387 e. The first-order chi connectivity index (χ1) is 10.1. The second kappa shape index (κ2) is 6.76. The van der Waals surface area contributed by atoms with Gasteiger partial charge in [-0.2, -0.15) is 19.3 Å². The molecule has 1 heterocycles. The Morgan fingerprint density at radius 1 is 1.48 bits per heavy atom. The van der Waals surface area contributed by atoms with Gasteiger partial charge in [-0.05, 0) is 17.3 Å². The van der Waals surface area contributed by atoms with Gasteiger partial charge in [0.05, 0.1) is 0 Å². The topological polar surface area (TPSA) is 99.5 Å². The number of tetrazole rings is 1. The molecule has 1 aromatic carbocycles. The molecule has 0 amide bonds. The summed E-state index contributed by atoms with van der Waals surface area (Å²) in [6, 6.07) is 6.27. The molecule has 0 aliphatic rings. The van der Waals surface area contributed by atoms with E-state index in [0.29, 0.717) is 10.2 Å². The zero-order chi connectivity index (χ0) is 15.2. The quantitative estimate of drug-likeness (QED) is 0.798. The first-order valence-electron chi connectivity index (χ1n) is 5.44. The van der Waals surface area contributed by atoms with Gasteiger partial charge in [0, 0.05) is 22.4 Å². The molecule has 0 unspecified atom stereocenters. The van der Waals surface area contributed by atoms with E-state index in [-0.39, 0.29) is 17.1 Å². The highest BCUT2D eigenvalue weighted by atomic mass is 79.9. The molecule has 7 nitrogen and oxygen atoms in total.